The van der Waals surface area contributed by atoms with E-state index in [4.69, 9.17) is 19.2 Å². The fourth-order valence-electron chi connectivity index (χ4n) is 3.45. The van der Waals surface area contributed by atoms with E-state index in [-0.39, 0.29) is 5.78 Å². The second-order valence-corrected chi connectivity index (χ2v) is 8.21. The van der Waals surface area contributed by atoms with E-state index in [1.165, 1.54) is 11.3 Å². The lowest BCUT2D eigenvalue weighted by Crippen LogP contribution is -2.03. The molecule has 0 unspecified atom stereocenters. The van der Waals surface area contributed by atoms with Gasteiger partial charge in [-0.2, -0.15) is 0 Å². The summed E-state index contributed by atoms with van der Waals surface area (Å²) in [5.74, 6) is 1.90. The van der Waals surface area contributed by atoms with Gasteiger partial charge in [-0.15, -0.1) is 11.3 Å². The number of ether oxygens (including phenoxy) is 3. The summed E-state index contributed by atoms with van der Waals surface area (Å²) >= 11 is 1.50. The van der Waals surface area contributed by atoms with E-state index in [0.717, 1.165) is 21.5 Å². The van der Waals surface area contributed by atoms with Crippen molar-refractivity contribution in [1.29, 1.82) is 0 Å². The Kier molecular flexibility index (Phi) is 7.05. The van der Waals surface area contributed by atoms with Gasteiger partial charge >= 0.3 is 0 Å². The molecule has 3 aromatic carbocycles. The molecule has 0 radical (unpaired) electrons. The fraction of sp³-hybridized carbons (Fsp3) is 0.185. The monoisotopic (exact) mass is 459 g/mol. The number of para-hydroxylation sites is 1. The van der Waals surface area contributed by atoms with Gasteiger partial charge in [0.2, 0.25) is 0 Å². The van der Waals surface area contributed by atoms with E-state index in [1.54, 1.807) is 19.2 Å². The number of Topliss-reactive ketones (excluding diaryl/α,β-unsaturated/α-hetero) is 1. The lowest BCUT2D eigenvalue weighted by atomic mass is 10.0. The summed E-state index contributed by atoms with van der Waals surface area (Å²) in [5, 5.41) is 0.669. The molecule has 0 amide bonds. The summed E-state index contributed by atoms with van der Waals surface area (Å²) in [6.45, 7) is 4.97. The van der Waals surface area contributed by atoms with Crippen LogP contribution in [0, 0.1) is 0 Å². The van der Waals surface area contributed by atoms with Crippen LogP contribution in [0.5, 0.6) is 17.2 Å². The normalized spacial score (nSPS) is 11.4. The van der Waals surface area contributed by atoms with Gasteiger partial charge in [0.25, 0.3) is 0 Å². The number of allylic oxidation sites excluding steroid dienone is 1. The number of fused-ring (bicyclic) bond motifs is 1. The summed E-state index contributed by atoms with van der Waals surface area (Å²) < 4.78 is 17.7. The number of rotatable bonds is 9. The Morgan fingerprint density at radius 3 is 2.39 bits per heavy atom. The van der Waals surface area contributed by atoms with Crippen LogP contribution in [0.1, 0.15) is 34.8 Å². The molecule has 0 bridgehead atoms. The summed E-state index contributed by atoms with van der Waals surface area (Å²) in [7, 11) is 1.60. The van der Waals surface area contributed by atoms with Gasteiger partial charge in [0.15, 0.2) is 17.3 Å². The van der Waals surface area contributed by atoms with E-state index < -0.39 is 0 Å². The molecule has 33 heavy (non-hydrogen) atoms. The maximum atomic E-state index is 13.6. The molecular weight excluding hydrogens is 434 g/mol. The predicted octanol–water partition coefficient (Wildman–Crippen LogP) is 6.53. The molecule has 0 aliphatic rings. The molecule has 5 nitrogen and oxygen atoms in total. The molecule has 0 aliphatic carbocycles. The summed E-state index contributed by atoms with van der Waals surface area (Å²) in [6.07, 6.45) is 1.86. The quantitative estimate of drug-likeness (QED) is 0.210. The Hall–Kier alpha value is -3.64. The third-order valence-electron chi connectivity index (χ3n) is 4.99. The first-order valence-electron chi connectivity index (χ1n) is 10.8. The zero-order valence-electron chi connectivity index (χ0n) is 18.8. The third-order valence-corrected chi connectivity index (χ3v) is 6.06. The number of aromatic nitrogens is 1. The molecule has 4 aromatic rings. The molecule has 6 heteroatoms. The minimum Gasteiger partial charge on any atom is -0.494 e. The van der Waals surface area contributed by atoms with Crippen molar-refractivity contribution in [2.75, 3.05) is 20.3 Å². The van der Waals surface area contributed by atoms with Crippen molar-refractivity contribution in [3.8, 4) is 17.2 Å². The van der Waals surface area contributed by atoms with Crippen LogP contribution in [-0.2, 0) is 0 Å². The van der Waals surface area contributed by atoms with Crippen LogP contribution in [0.4, 0.5) is 0 Å². The largest absolute Gasteiger partial charge is 0.494 e. The third kappa shape index (κ3) is 5.07. The first kappa shape index (κ1) is 22.6. The van der Waals surface area contributed by atoms with Crippen LogP contribution in [0.15, 0.2) is 66.7 Å². The summed E-state index contributed by atoms with van der Waals surface area (Å²) in [6, 6.07) is 20.7. The van der Waals surface area contributed by atoms with Crippen molar-refractivity contribution < 1.29 is 19.0 Å². The zero-order chi connectivity index (χ0) is 23.2. The Balaban J connectivity index is 1.79. The number of ketones is 1. The number of hydrogen-bond acceptors (Lipinski definition) is 6. The van der Waals surface area contributed by atoms with Crippen LogP contribution in [0.2, 0.25) is 0 Å². The number of nitrogens with zero attached hydrogens (tertiary/aromatic N) is 1. The molecule has 1 heterocycles. The van der Waals surface area contributed by atoms with Gasteiger partial charge in [-0.3, -0.25) is 4.79 Å². The van der Waals surface area contributed by atoms with Crippen LogP contribution >= 0.6 is 11.3 Å². The molecule has 0 N–H and O–H groups in total. The van der Waals surface area contributed by atoms with Gasteiger partial charge in [0, 0.05) is 5.56 Å². The van der Waals surface area contributed by atoms with Gasteiger partial charge in [0.05, 0.1) is 36.1 Å². The highest BCUT2D eigenvalue weighted by atomic mass is 32.1. The van der Waals surface area contributed by atoms with Crippen molar-refractivity contribution in [3.05, 3.63) is 82.9 Å². The van der Waals surface area contributed by atoms with Crippen molar-refractivity contribution in [1.82, 2.24) is 4.98 Å². The van der Waals surface area contributed by atoms with Crippen LogP contribution in [0.3, 0.4) is 0 Å². The Morgan fingerprint density at radius 2 is 1.70 bits per heavy atom. The molecule has 0 spiro atoms. The fourth-order valence-corrected chi connectivity index (χ4v) is 4.43. The van der Waals surface area contributed by atoms with Crippen molar-refractivity contribution in [2.24, 2.45) is 0 Å². The van der Waals surface area contributed by atoms with Gasteiger partial charge < -0.3 is 14.2 Å². The number of hydrogen-bond donors (Lipinski definition) is 0. The molecule has 168 valence electrons. The zero-order valence-corrected chi connectivity index (χ0v) is 19.6. The average molecular weight is 460 g/mol. The van der Waals surface area contributed by atoms with E-state index in [0.29, 0.717) is 40.9 Å². The van der Waals surface area contributed by atoms with Crippen molar-refractivity contribution >= 4 is 39.0 Å². The Labute approximate surface area is 197 Å². The van der Waals surface area contributed by atoms with Crippen LogP contribution in [-0.4, -0.2) is 31.1 Å². The Bertz CT molecular complexity index is 1260. The topological polar surface area (TPSA) is 57.7 Å². The highest BCUT2D eigenvalue weighted by molar-refractivity contribution is 7.20. The smallest absolute Gasteiger partial charge is 0.196 e. The van der Waals surface area contributed by atoms with Gasteiger partial charge in [-0.25, -0.2) is 4.98 Å². The van der Waals surface area contributed by atoms with E-state index in [2.05, 4.69) is 0 Å². The molecule has 0 fully saturated rings. The first-order valence-corrected chi connectivity index (χ1v) is 11.6. The number of methoxy groups -OCH3 is 1. The van der Waals surface area contributed by atoms with Crippen molar-refractivity contribution in [3.63, 3.8) is 0 Å². The second kappa shape index (κ2) is 10.3. The van der Waals surface area contributed by atoms with E-state index in [1.807, 2.05) is 74.5 Å². The van der Waals surface area contributed by atoms with E-state index in [9.17, 15) is 4.79 Å². The van der Waals surface area contributed by atoms with Gasteiger partial charge in [-0.05, 0) is 74.0 Å². The lowest BCUT2D eigenvalue weighted by Gasteiger charge is -2.10. The number of benzene rings is 3. The highest BCUT2D eigenvalue weighted by Gasteiger charge is 2.19. The number of carbonyl (C=O) groups excluding carboxylic acids is 1. The van der Waals surface area contributed by atoms with Crippen molar-refractivity contribution in [2.45, 2.75) is 13.8 Å². The van der Waals surface area contributed by atoms with Crippen LogP contribution < -0.4 is 14.2 Å². The molecular formula is C27H25NO4S. The highest BCUT2D eigenvalue weighted by Crippen LogP contribution is 2.33. The summed E-state index contributed by atoms with van der Waals surface area (Å²) in [5.41, 5.74) is 2.78. The molecule has 0 aliphatic heterocycles. The first-order chi connectivity index (χ1) is 16.1. The molecule has 0 saturated heterocycles. The standard InChI is InChI=1S/C27H25NO4S/c1-4-31-20-13-11-19(12-14-20)26(29)21(27-28-22-8-6-7-9-25(22)33-27)16-18-10-15-23(32-5-2)24(17-18)30-3/h6-17H,4-5H2,1-3H3/b21-16-. The maximum absolute atomic E-state index is 13.6. The van der Waals surface area contributed by atoms with Gasteiger partial charge in [-0.1, -0.05) is 18.2 Å². The number of thiazole rings is 1. The minimum atomic E-state index is -0.107. The molecule has 0 saturated carbocycles. The van der Waals surface area contributed by atoms with E-state index >= 15 is 0 Å². The maximum Gasteiger partial charge on any atom is 0.196 e. The molecule has 4 rings (SSSR count). The molecule has 1 aromatic heterocycles. The minimum absolute atomic E-state index is 0.107. The SMILES string of the molecule is CCOc1ccc(C(=O)/C(=C/c2ccc(OCC)c(OC)c2)c2nc3ccccc3s2)cc1. The lowest BCUT2D eigenvalue weighted by molar-refractivity contribution is 0.105. The second-order valence-electron chi connectivity index (χ2n) is 7.17. The average Bonchev–Trinajstić information content (AvgIpc) is 3.27. The summed E-state index contributed by atoms with van der Waals surface area (Å²) in [4.78, 5) is 18.4. The van der Waals surface area contributed by atoms with Gasteiger partial charge in [0.1, 0.15) is 10.8 Å². The molecule has 0 atom stereocenters. The Morgan fingerprint density at radius 1 is 0.939 bits per heavy atom. The van der Waals surface area contributed by atoms with Crippen LogP contribution in [0.25, 0.3) is 21.9 Å². The predicted molar refractivity (Wildman–Crippen MR) is 134 cm³/mol. The number of carbonyl (C=O) groups is 1.